The summed E-state index contributed by atoms with van der Waals surface area (Å²) >= 11 is 0. The Hall–Kier alpha value is -1.04. The third-order valence-corrected chi connectivity index (χ3v) is 3.29. The minimum absolute atomic E-state index is 0.833. The van der Waals surface area contributed by atoms with Crippen molar-refractivity contribution in [3.8, 4) is 0 Å². The van der Waals surface area contributed by atoms with Crippen LogP contribution < -0.4 is 0 Å². The van der Waals surface area contributed by atoms with Crippen molar-refractivity contribution in [2.24, 2.45) is 5.92 Å². The Morgan fingerprint density at radius 1 is 1.00 bits per heavy atom. The van der Waals surface area contributed by atoms with Gasteiger partial charge in [0.1, 0.15) is 0 Å². The van der Waals surface area contributed by atoms with Gasteiger partial charge in [-0.3, -0.25) is 0 Å². The average molecular weight is 200 g/mol. The van der Waals surface area contributed by atoms with Gasteiger partial charge in [-0.15, -0.1) is 0 Å². The predicted octanol–water partition coefficient (Wildman–Crippen LogP) is 4.59. The molecular formula is C15H20. The highest BCUT2D eigenvalue weighted by Gasteiger charge is 2.09. The van der Waals surface area contributed by atoms with E-state index in [1.807, 2.05) is 0 Å². The zero-order valence-electron chi connectivity index (χ0n) is 9.58. The molecule has 0 heterocycles. The van der Waals surface area contributed by atoms with E-state index in [0.717, 1.165) is 5.92 Å². The summed E-state index contributed by atoms with van der Waals surface area (Å²) in [6.07, 6.45) is 11.8. The molecule has 15 heavy (non-hydrogen) atoms. The molecule has 1 aromatic rings. The molecule has 1 aliphatic rings. The fourth-order valence-corrected chi connectivity index (χ4v) is 2.25. The van der Waals surface area contributed by atoms with Crippen LogP contribution in [0.3, 0.4) is 0 Å². The van der Waals surface area contributed by atoms with Crippen molar-refractivity contribution >= 4 is 6.08 Å². The summed E-state index contributed by atoms with van der Waals surface area (Å²) in [4.78, 5) is 0. The fourth-order valence-electron chi connectivity index (χ4n) is 2.25. The smallest absolute Gasteiger partial charge is 0.0230 e. The van der Waals surface area contributed by atoms with Crippen molar-refractivity contribution in [3.63, 3.8) is 0 Å². The van der Waals surface area contributed by atoms with E-state index in [0.29, 0.717) is 0 Å². The number of hydrogen-bond acceptors (Lipinski definition) is 0. The van der Waals surface area contributed by atoms with E-state index in [2.05, 4.69) is 43.3 Å². The molecule has 80 valence electrons. The first-order valence-corrected chi connectivity index (χ1v) is 6.09. The second kappa shape index (κ2) is 5.16. The van der Waals surface area contributed by atoms with Gasteiger partial charge in [0.05, 0.1) is 0 Å². The summed E-state index contributed by atoms with van der Waals surface area (Å²) in [7, 11) is 0. The van der Waals surface area contributed by atoms with Gasteiger partial charge in [-0.2, -0.15) is 0 Å². The summed E-state index contributed by atoms with van der Waals surface area (Å²) in [6.45, 7) is 2.13. The fraction of sp³-hybridized carbons (Fsp3) is 0.467. The predicted molar refractivity (Wildman–Crippen MR) is 66.8 cm³/mol. The first-order valence-electron chi connectivity index (χ1n) is 6.09. The van der Waals surface area contributed by atoms with E-state index in [-0.39, 0.29) is 0 Å². The Morgan fingerprint density at radius 3 is 2.33 bits per heavy atom. The van der Waals surface area contributed by atoms with E-state index < -0.39 is 0 Å². The molecule has 0 atom stereocenters. The molecule has 2 rings (SSSR count). The van der Waals surface area contributed by atoms with Crippen molar-refractivity contribution in [3.05, 3.63) is 41.5 Å². The number of aryl methyl sites for hydroxylation is 1. The Kier molecular flexibility index (Phi) is 3.60. The van der Waals surface area contributed by atoms with E-state index in [1.165, 1.54) is 43.2 Å². The Balaban J connectivity index is 1.95. The molecule has 0 nitrogen and oxygen atoms in total. The van der Waals surface area contributed by atoms with Gasteiger partial charge >= 0.3 is 0 Å². The Morgan fingerprint density at radius 2 is 1.67 bits per heavy atom. The van der Waals surface area contributed by atoms with Gasteiger partial charge in [0, 0.05) is 0 Å². The molecular weight excluding hydrogens is 180 g/mol. The summed E-state index contributed by atoms with van der Waals surface area (Å²) in [5.74, 6) is 0.833. The molecule has 1 fully saturated rings. The molecule has 0 spiro atoms. The maximum absolute atomic E-state index is 2.41. The van der Waals surface area contributed by atoms with E-state index in [1.54, 1.807) is 0 Å². The molecule has 0 unspecified atom stereocenters. The third-order valence-electron chi connectivity index (χ3n) is 3.29. The molecule has 1 aromatic carbocycles. The number of hydrogen-bond donors (Lipinski definition) is 0. The van der Waals surface area contributed by atoms with E-state index in [4.69, 9.17) is 0 Å². The Bertz CT molecular complexity index is 312. The lowest BCUT2D eigenvalue weighted by molar-refractivity contribution is 0.420. The van der Waals surface area contributed by atoms with Gasteiger partial charge in [-0.05, 0) is 31.2 Å². The highest BCUT2D eigenvalue weighted by atomic mass is 14.1. The van der Waals surface area contributed by atoms with Crippen LogP contribution in [-0.4, -0.2) is 0 Å². The monoisotopic (exact) mass is 200 g/mol. The molecule has 0 saturated heterocycles. The van der Waals surface area contributed by atoms with Gasteiger partial charge in [0.25, 0.3) is 0 Å². The van der Waals surface area contributed by atoms with Gasteiger partial charge < -0.3 is 0 Å². The number of rotatable bonds is 2. The molecule has 1 aliphatic carbocycles. The van der Waals surface area contributed by atoms with Crippen molar-refractivity contribution < 1.29 is 0 Å². The van der Waals surface area contributed by atoms with Gasteiger partial charge in [-0.25, -0.2) is 0 Å². The average Bonchev–Trinajstić information content (AvgIpc) is 2.30. The topological polar surface area (TPSA) is 0 Å². The molecule has 0 heteroatoms. The van der Waals surface area contributed by atoms with Crippen molar-refractivity contribution in [2.75, 3.05) is 0 Å². The SMILES string of the molecule is Cc1ccc(/C=C\C2CCCCC2)cc1. The highest BCUT2D eigenvalue weighted by Crippen LogP contribution is 2.25. The first kappa shape index (κ1) is 10.5. The Labute approximate surface area is 93.0 Å². The summed E-state index contributed by atoms with van der Waals surface area (Å²) in [6, 6.07) is 8.77. The quantitative estimate of drug-likeness (QED) is 0.655. The molecule has 0 bridgehead atoms. The third kappa shape index (κ3) is 3.23. The van der Waals surface area contributed by atoms with Gasteiger partial charge in [-0.1, -0.05) is 61.2 Å². The van der Waals surface area contributed by atoms with Crippen molar-refractivity contribution in [1.82, 2.24) is 0 Å². The molecule has 1 saturated carbocycles. The molecule has 0 amide bonds. The molecule has 0 aromatic heterocycles. The van der Waals surface area contributed by atoms with Crippen LogP contribution in [0.1, 0.15) is 43.2 Å². The number of allylic oxidation sites excluding steroid dienone is 1. The zero-order chi connectivity index (χ0) is 10.5. The van der Waals surface area contributed by atoms with E-state index in [9.17, 15) is 0 Å². The standard InChI is InChI=1S/C15H20/c1-13-7-9-15(10-8-13)12-11-14-5-3-2-4-6-14/h7-12,14H,2-6H2,1H3/b12-11-. The molecule has 0 N–H and O–H groups in total. The van der Waals surface area contributed by atoms with Crippen LogP contribution in [-0.2, 0) is 0 Å². The lowest BCUT2D eigenvalue weighted by atomic mass is 9.89. The molecule has 0 aliphatic heterocycles. The second-order valence-corrected chi connectivity index (χ2v) is 4.67. The maximum Gasteiger partial charge on any atom is -0.0230 e. The van der Waals surface area contributed by atoms with Crippen LogP contribution in [0.2, 0.25) is 0 Å². The van der Waals surface area contributed by atoms with Crippen LogP contribution in [0.25, 0.3) is 6.08 Å². The van der Waals surface area contributed by atoms with Crippen LogP contribution >= 0.6 is 0 Å². The largest absolute Gasteiger partial charge is 0.0808 e. The normalized spacial score (nSPS) is 18.5. The summed E-state index contributed by atoms with van der Waals surface area (Å²) in [5, 5.41) is 0. The van der Waals surface area contributed by atoms with Gasteiger partial charge in [0.2, 0.25) is 0 Å². The van der Waals surface area contributed by atoms with Crippen LogP contribution in [0, 0.1) is 12.8 Å². The van der Waals surface area contributed by atoms with Crippen molar-refractivity contribution in [1.29, 1.82) is 0 Å². The van der Waals surface area contributed by atoms with Crippen molar-refractivity contribution in [2.45, 2.75) is 39.0 Å². The second-order valence-electron chi connectivity index (χ2n) is 4.67. The first-order chi connectivity index (χ1) is 7.34. The lowest BCUT2D eigenvalue weighted by Gasteiger charge is -2.17. The van der Waals surface area contributed by atoms with Crippen LogP contribution in [0.5, 0.6) is 0 Å². The lowest BCUT2D eigenvalue weighted by Crippen LogP contribution is -2.02. The van der Waals surface area contributed by atoms with Crippen LogP contribution in [0.4, 0.5) is 0 Å². The zero-order valence-corrected chi connectivity index (χ0v) is 9.58. The summed E-state index contributed by atoms with van der Waals surface area (Å²) < 4.78 is 0. The van der Waals surface area contributed by atoms with Crippen LogP contribution in [0.15, 0.2) is 30.3 Å². The minimum Gasteiger partial charge on any atom is -0.0808 e. The molecule has 0 radical (unpaired) electrons. The highest BCUT2D eigenvalue weighted by molar-refractivity contribution is 5.49. The minimum atomic E-state index is 0.833. The maximum atomic E-state index is 2.41. The number of benzene rings is 1. The van der Waals surface area contributed by atoms with E-state index >= 15 is 0 Å². The summed E-state index contributed by atoms with van der Waals surface area (Å²) in [5.41, 5.74) is 2.68. The van der Waals surface area contributed by atoms with Gasteiger partial charge in [0.15, 0.2) is 0 Å².